The van der Waals surface area contributed by atoms with Gasteiger partial charge < -0.3 is 1.43 Å². The van der Waals surface area contributed by atoms with Crippen molar-refractivity contribution in [1.82, 2.24) is 0 Å². The fourth-order valence-corrected chi connectivity index (χ4v) is 8.60. The van der Waals surface area contributed by atoms with E-state index in [1.165, 1.54) is 38.5 Å². The van der Waals surface area contributed by atoms with Gasteiger partial charge in [0, 0.05) is 0 Å². The first-order chi connectivity index (χ1) is 6.35. The summed E-state index contributed by atoms with van der Waals surface area (Å²) in [7, 11) is 0. The number of unbranched alkanes of at least 4 members (excludes halogenated alkanes) is 3. The summed E-state index contributed by atoms with van der Waals surface area (Å²) in [5.74, 6) is 0. The van der Waals surface area contributed by atoms with Gasteiger partial charge in [-0.1, -0.05) is 0 Å². The third-order valence-corrected chi connectivity index (χ3v) is 9.33. The Morgan fingerprint density at radius 2 is 1.00 bits per heavy atom. The maximum atomic E-state index is 2.33. The Balaban J connectivity index is 0. The molecule has 0 atom stereocenters. The van der Waals surface area contributed by atoms with Crippen LogP contribution in [0.15, 0.2) is 0 Å². The molecule has 0 N–H and O–H groups in total. The molecule has 0 aromatic rings. The van der Waals surface area contributed by atoms with Crippen molar-refractivity contribution in [3.8, 4) is 0 Å². The molecular formula is C12H28Ge. The molecule has 0 fully saturated rings. The van der Waals surface area contributed by atoms with Crippen LogP contribution >= 0.6 is 0 Å². The Bertz CT molecular complexity index is 77.3. The molecular weight excluding hydrogens is 217 g/mol. The van der Waals surface area contributed by atoms with Crippen molar-refractivity contribution in [3.05, 3.63) is 0 Å². The average molecular weight is 245 g/mol. The van der Waals surface area contributed by atoms with Gasteiger partial charge >= 0.3 is 89.4 Å². The summed E-state index contributed by atoms with van der Waals surface area (Å²) in [6.07, 6.45) is 8.78. The molecule has 0 unspecified atom stereocenters. The summed E-state index contributed by atoms with van der Waals surface area (Å²) in [6, 6.07) is 0. The van der Waals surface area contributed by atoms with Crippen LogP contribution in [-0.2, 0) is 0 Å². The Morgan fingerprint density at radius 1 is 0.692 bits per heavy atom. The van der Waals surface area contributed by atoms with Gasteiger partial charge in [-0.05, 0) is 0 Å². The van der Waals surface area contributed by atoms with Gasteiger partial charge in [-0.3, -0.25) is 0 Å². The molecule has 0 aliphatic carbocycles. The molecule has 13 heavy (non-hydrogen) atoms. The molecule has 0 aliphatic rings. The van der Waals surface area contributed by atoms with Crippen molar-refractivity contribution >= 4 is 14.3 Å². The van der Waals surface area contributed by atoms with Crippen molar-refractivity contribution in [3.63, 3.8) is 0 Å². The van der Waals surface area contributed by atoms with Crippen molar-refractivity contribution in [2.24, 2.45) is 0 Å². The van der Waals surface area contributed by atoms with Crippen molar-refractivity contribution in [1.29, 1.82) is 0 Å². The van der Waals surface area contributed by atoms with E-state index in [1.54, 1.807) is 15.8 Å². The number of hydrogen-bond acceptors (Lipinski definition) is 0. The van der Waals surface area contributed by atoms with E-state index in [4.69, 9.17) is 0 Å². The maximum Gasteiger partial charge on any atom is -1.00 e. The minimum Gasteiger partial charge on any atom is -1.00 e. The minimum atomic E-state index is -0.552. The third kappa shape index (κ3) is 8.86. The van der Waals surface area contributed by atoms with Gasteiger partial charge in [-0.25, -0.2) is 0 Å². The molecule has 0 heterocycles. The van der Waals surface area contributed by atoms with E-state index in [9.17, 15) is 0 Å². The zero-order valence-electron chi connectivity index (χ0n) is 10.9. The van der Waals surface area contributed by atoms with Crippen LogP contribution < -0.4 is 0 Å². The molecule has 0 nitrogen and oxygen atoms in total. The van der Waals surface area contributed by atoms with Crippen LogP contribution in [0.4, 0.5) is 0 Å². The monoisotopic (exact) mass is 246 g/mol. The second-order valence-electron chi connectivity index (χ2n) is 4.06. The first-order valence-electron chi connectivity index (χ1n) is 6.18. The standard InChI is InChI=1S/C12H27Ge.H/c1-4-7-10-13(11-8-5-2)12-9-6-3;/h4-12H2,1-3H3;/q+1;-1. The first-order valence-corrected chi connectivity index (χ1v) is 10.6. The van der Waals surface area contributed by atoms with Gasteiger partial charge in [-0.15, -0.1) is 0 Å². The van der Waals surface area contributed by atoms with Gasteiger partial charge in [0.05, 0.1) is 0 Å². The zero-order chi connectivity index (χ0) is 9.94. The predicted octanol–water partition coefficient (Wildman–Crippen LogP) is 4.99. The second-order valence-corrected chi connectivity index (χ2v) is 10.4. The average Bonchev–Trinajstić information content (AvgIpc) is 2.17. The topological polar surface area (TPSA) is 0 Å². The summed E-state index contributed by atoms with van der Waals surface area (Å²) in [4.78, 5) is 0. The SMILES string of the molecule is CCC[CH2][Ge+]([CH2]CCC)[CH2]CCC.[H-]. The van der Waals surface area contributed by atoms with Crippen molar-refractivity contribution in [2.75, 3.05) is 0 Å². The van der Waals surface area contributed by atoms with E-state index < -0.39 is 14.3 Å². The Hall–Kier alpha value is 0.543. The predicted molar refractivity (Wildman–Crippen MR) is 66.0 cm³/mol. The summed E-state index contributed by atoms with van der Waals surface area (Å²) < 4.78 is 0. The fourth-order valence-electron chi connectivity index (χ4n) is 1.66. The maximum absolute atomic E-state index is 2.33. The summed E-state index contributed by atoms with van der Waals surface area (Å²) >= 11 is -0.552. The molecule has 0 saturated carbocycles. The Kier molecular flexibility index (Phi) is 11.1. The smallest absolute Gasteiger partial charge is 1.00 e. The molecule has 0 rings (SSSR count). The molecule has 0 radical (unpaired) electrons. The van der Waals surface area contributed by atoms with Gasteiger partial charge in [0.15, 0.2) is 0 Å². The van der Waals surface area contributed by atoms with Crippen molar-refractivity contribution in [2.45, 2.75) is 75.1 Å². The minimum absolute atomic E-state index is 0. The number of hydrogen-bond donors (Lipinski definition) is 0. The second kappa shape index (κ2) is 10.6. The van der Waals surface area contributed by atoms with E-state index in [0.717, 1.165) is 0 Å². The largest absolute Gasteiger partial charge is 1.00 e. The fraction of sp³-hybridized carbons (Fsp3) is 1.00. The first kappa shape index (κ1) is 13.5. The zero-order valence-corrected chi connectivity index (χ0v) is 12.0. The van der Waals surface area contributed by atoms with Crippen LogP contribution in [0.25, 0.3) is 0 Å². The van der Waals surface area contributed by atoms with Crippen LogP contribution in [-0.4, -0.2) is 14.3 Å². The van der Waals surface area contributed by atoms with Crippen molar-refractivity contribution < 1.29 is 1.43 Å². The molecule has 0 aromatic heterocycles. The summed E-state index contributed by atoms with van der Waals surface area (Å²) in [6.45, 7) is 6.99. The molecule has 0 amide bonds. The van der Waals surface area contributed by atoms with Gasteiger partial charge in [0.1, 0.15) is 0 Å². The van der Waals surface area contributed by atoms with E-state index in [2.05, 4.69) is 20.8 Å². The van der Waals surface area contributed by atoms with Crippen LogP contribution in [0.2, 0.25) is 15.8 Å². The van der Waals surface area contributed by atoms with Crippen LogP contribution in [0.3, 0.4) is 0 Å². The molecule has 0 aliphatic heterocycles. The normalized spacial score (nSPS) is 10.4. The quantitative estimate of drug-likeness (QED) is 0.501. The summed E-state index contributed by atoms with van der Waals surface area (Å²) in [5, 5.41) is 4.95. The molecule has 80 valence electrons. The molecule has 0 spiro atoms. The van der Waals surface area contributed by atoms with Gasteiger partial charge in [-0.2, -0.15) is 0 Å². The van der Waals surface area contributed by atoms with Crippen LogP contribution in [0, 0.1) is 0 Å². The summed E-state index contributed by atoms with van der Waals surface area (Å²) in [5.41, 5.74) is 0. The molecule has 0 saturated heterocycles. The van der Waals surface area contributed by atoms with Crippen LogP contribution in [0.1, 0.15) is 60.7 Å². The Labute approximate surface area is 91.1 Å². The van der Waals surface area contributed by atoms with E-state index in [0.29, 0.717) is 0 Å². The van der Waals surface area contributed by atoms with Crippen LogP contribution in [0.5, 0.6) is 0 Å². The number of rotatable bonds is 9. The molecule has 1 heteroatoms. The van der Waals surface area contributed by atoms with E-state index in [-0.39, 0.29) is 1.43 Å². The Morgan fingerprint density at radius 3 is 1.23 bits per heavy atom. The molecule has 0 bridgehead atoms. The van der Waals surface area contributed by atoms with E-state index in [1.807, 2.05) is 0 Å². The van der Waals surface area contributed by atoms with Gasteiger partial charge in [0.25, 0.3) is 0 Å². The van der Waals surface area contributed by atoms with E-state index >= 15 is 0 Å². The van der Waals surface area contributed by atoms with Gasteiger partial charge in [0.2, 0.25) is 0 Å². The molecule has 0 aromatic carbocycles. The third-order valence-electron chi connectivity index (χ3n) is 2.65.